The van der Waals surface area contributed by atoms with E-state index in [1.807, 2.05) is 24.4 Å². The molecular formula is C21H23N3O3S. The van der Waals surface area contributed by atoms with Crippen LogP contribution in [0.1, 0.15) is 18.1 Å². The molecule has 0 unspecified atom stereocenters. The molecule has 0 bridgehead atoms. The highest BCUT2D eigenvalue weighted by Crippen LogP contribution is 2.38. The number of hydrogen-bond donors (Lipinski definition) is 1. The largest absolute Gasteiger partial charge is 0.493 e. The number of benzene rings is 2. The zero-order valence-electron chi connectivity index (χ0n) is 16.4. The van der Waals surface area contributed by atoms with Crippen molar-refractivity contribution in [2.24, 2.45) is 5.10 Å². The minimum atomic E-state index is 0.523. The summed E-state index contributed by atoms with van der Waals surface area (Å²) in [6.07, 6.45) is 1.69. The Morgan fingerprint density at radius 1 is 1.11 bits per heavy atom. The molecule has 3 rings (SSSR count). The van der Waals surface area contributed by atoms with Gasteiger partial charge in [-0.3, -0.25) is 5.43 Å². The van der Waals surface area contributed by atoms with Gasteiger partial charge in [0.05, 0.1) is 32.7 Å². The van der Waals surface area contributed by atoms with E-state index < -0.39 is 0 Å². The van der Waals surface area contributed by atoms with Crippen molar-refractivity contribution in [1.82, 2.24) is 4.98 Å². The van der Waals surface area contributed by atoms with Crippen LogP contribution >= 0.6 is 11.3 Å². The van der Waals surface area contributed by atoms with Gasteiger partial charge in [-0.25, -0.2) is 4.98 Å². The van der Waals surface area contributed by atoms with Crippen molar-refractivity contribution in [3.05, 3.63) is 52.9 Å². The Hall–Kier alpha value is -3.06. The lowest BCUT2D eigenvalue weighted by Gasteiger charge is -2.14. The van der Waals surface area contributed by atoms with Crippen LogP contribution in [0.15, 0.2) is 46.9 Å². The molecule has 0 aliphatic rings. The van der Waals surface area contributed by atoms with Gasteiger partial charge in [-0.1, -0.05) is 29.8 Å². The number of rotatable bonds is 8. The first-order valence-electron chi connectivity index (χ1n) is 8.85. The third kappa shape index (κ3) is 4.61. The summed E-state index contributed by atoms with van der Waals surface area (Å²) in [6, 6.07) is 12.0. The quantitative estimate of drug-likeness (QED) is 0.429. The topological polar surface area (TPSA) is 65.0 Å². The molecule has 28 heavy (non-hydrogen) atoms. The average Bonchev–Trinajstić information content (AvgIpc) is 3.18. The van der Waals surface area contributed by atoms with Crippen molar-refractivity contribution in [1.29, 1.82) is 0 Å². The van der Waals surface area contributed by atoms with E-state index in [0.29, 0.717) is 23.9 Å². The fraction of sp³-hybridized carbons (Fsp3) is 0.238. The second-order valence-corrected chi connectivity index (χ2v) is 6.82. The number of methoxy groups -OCH3 is 2. The van der Waals surface area contributed by atoms with Crippen LogP contribution in [0.2, 0.25) is 0 Å². The SMILES string of the molecule is CCOc1c(OC)cc(/C=N/Nc2nc(-c3ccc(C)cc3)cs2)cc1OC. The highest BCUT2D eigenvalue weighted by molar-refractivity contribution is 7.14. The number of nitrogens with zero attached hydrogens (tertiary/aromatic N) is 2. The van der Waals surface area contributed by atoms with E-state index in [1.165, 1.54) is 16.9 Å². The fourth-order valence-corrected chi connectivity index (χ4v) is 3.27. The summed E-state index contributed by atoms with van der Waals surface area (Å²) in [6.45, 7) is 4.50. The molecule has 1 N–H and O–H groups in total. The molecule has 3 aromatic rings. The molecule has 0 amide bonds. The van der Waals surface area contributed by atoms with Crippen LogP contribution in [-0.4, -0.2) is 32.0 Å². The molecule has 0 aliphatic heterocycles. The van der Waals surface area contributed by atoms with Crippen molar-refractivity contribution in [2.75, 3.05) is 26.3 Å². The zero-order chi connectivity index (χ0) is 19.9. The molecule has 7 heteroatoms. The van der Waals surface area contributed by atoms with Crippen molar-refractivity contribution in [3.63, 3.8) is 0 Å². The van der Waals surface area contributed by atoms with Crippen LogP contribution in [0, 0.1) is 6.92 Å². The van der Waals surface area contributed by atoms with Gasteiger partial charge in [0.2, 0.25) is 10.9 Å². The molecule has 2 aromatic carbocycles. The highest BCUT2D eigenvalue weighted by atomic mass is 32.1. The zero-order valence-corrected chi connectivity index (χ0v) is 17.2. The molecule has 0 spiro atoms. The first-order chi connectivity index (χ1) is 13.6. The molecule has 0 radical (unpaired) electrons. The van der Waals surface area contributed by atoms with Gasteiger partial charge in [-0.2, -0.15) is 5.10 Å². The third-order valence-electron chi connectivity index (χ3n) is 4.00. The molecule has 0 saturated carbocycles. The Balaban J connectivity index is 1.73. The van der Waals surface area contributed by atoms with E-state index in [1.54, 1.807) is 20.4 Å². The van der Waals surface area contributed by atoms with Crippen LogP contribution in [0.25, 0.3) is 11.3 Å². The summed E-state index contributed by atoms with van der Waals surface area (Å²) >= 11 is 1.50. The lowest BCUT2D eigenvalue weighted by Crippen LogP contribution is -2.00. The number of aromatic nitrogens is 1. The Bertz CT molecular complexity index is 927. The number of nitrogens with one attached hydrogen (secondary N) is 1. The maximum atomic E-state index is 5.61. The Morgan fingerprint density at radius 2 is 1.79 bits per heavy atom. The minimum absolute atomic E-state index is 0.523. The molecule has 0 saturated heterocycles. The van der Waals surface area contributed by atoms with Gasteiger partial charge >= 0.3 is 0 Å². The summed E-state index contributed by atoms with van der Waals surface area (Å²) in [4.78, 5) is 4.57. The smallest absolute Gasteiger partial charge is 0.203 e. The van der Waals surface area contributed by atoms with E-state index in [9.17, 15) is 0 Å². The summed E-state index contributed by atoms with van der Waals surface area (Å²) in [7, 11) is 3.19. The lowest BCUT2D eigenvalue weighted by atomic mass is 10.1. The maximum absolute atomic E-state index is 5.61. The molecule has 1 heterocycles. The van der Waals surface area contributed by atoms with Gasteiger partial charge < -0.3 is 14.2 Å². The number of anilines is 1. The van der Waals surface area contributed by atoms with Gasteiger partial charge in [0.1, 0.15) is 0 Å². The Kier molecular flexibility index (Phi) is 6.49. The van der Waals surface area contributed by atoms with Crippen LogP contribution in [0.4, 0.5) is 5.13 Å². The molecule has 6 nitrogen and oxygen atoms in total. The van der Waals surface area contributed by atoms with Gasteiger partial charge in [0.25, 0.3) is 0 Å². The predicted octanol–water partition coefficient (Wildman–Crippen LogP) is 4.98. The second kappa shape index (κ2) is 9.23. The summed E-state index contributed by atoms with van der Waals surface area (Å²) in [5.74, 6) is 1.78. The number of aryl methyl sites for hydroxylation is 1. The van der Waals surface area contributed by atoms with E-state index in [2.05, 4.69) is 46.7 Å². The standard InChI is InChI=1S/C21H23N3O3S/c1-5-27-20-18(25-3)10-15(11-19(20)26-4)12-22-24-21-23-17(13-28-21)16-8-6-14(2)7-9-16/h6-13H,5H2,1-4H3,(H,23,24)/b22-12+. The minimum Gasteiger partial charge on any atom is -0.493 e. The van der Waals surface area contributed by atoms with Crippen LogP contribution < -0.4 is 19.6 Å². The molecule has 1 aromatic heterocycles. The first-order valence-corrected chi connectivity index (χ1v) is 9.73. The second-order valence-electron chi connectivity index (χ2n) is 5.96. The summed E-state index contributed by atoms with van der Waals surface area (Å²) in [5.41, 5.74) is 7.02. The van der Waals surface area contributed by atoms with Crippen molar-refractivity contribution in [3.8, 4) is 28.5 Å². The molecule has 0 fully saturated rings. The number of hydrogen-bond acceptors (Lipinski definition) is 7. The summed E-state index contributed by atoms with van der Waals surface area (Å²) < 4.78 is 16.4. The average molecular weight is 398 g/mol. The van der Waals surface area contributed by atoms with Gasteiger partial charge in [-0.05, 0) is 26.0 Å². The van der Waals surface area contributed by atoms with Crippen molar-refractivity contribution >= 4 is 22.7 Å². The summed E-state index contributed by atoms with van der Waals surface area (Å²) in [5, 5.41) is 7.01. The molecule has 146 valence electrons. The Labute approximate surface area is 168 Å². The molecule has 0 atom stereocenters. The van der Waals surface area contributed by atoms with Crippen LogP contribution in [-0.2, 0) is 0 Å². The Morgan fingerprint density at radius 3 is 2.39 bits per heavy atom. The fourth-order valence-electron chi connectivity index (χ4n) is 2.61. The maximum Gasteiger partial charge on any atom is 0.203 e. The number of hydrazone groups is 1. The first kappa shape index (κ1) is 19.7. The normalized spacial score (nSPS) is 10.9. The van der Waals surface area contributed by atoms with Crippen molar-refractivity contribution in [2.45, 2.75) is 13.8 Å². The van der Waals surface area contributed by atoms with E-state index in [4.69, 9.17) is 14.2 Å². The van der Waals surface area contributed by atoms with Crippen molar-refractivity contribution < 1.29 is 14.2 Å². The number of ether oxygens (including phenoxy) is 3. The predicted molar refractivity (Wildman–Crippen MR) is 114 cm³/mol. The molecular weight excluding hydrogens is 374 g/mol. The van der Waals surface area contributed by atoms with Gasteiger partial charge in [-0.15, -0.1) is 11.3 Å². The monoisotopic (exact) mass is 397 g/mol. The van der Waals surface area contributed by atoms with Gasteiger partial charge in [0, 0.05) is 16.5 Å². The van der Waals surface area contributed by atoms with Gasteiger partial charge in [0.15, 0.2) is 11.5 Å². The van der Waals surface area contributed by atoms with Crippen LogP contribution in [0.5, 0.6) is 17.2 Å². The van der Waals surface area contributed by atoms with E-state index >= 15 is 0 Å². The highest BCUT2D eigenvalue weighted by Gasteiger charge is 2.13. The lowest BCUT2D eigenvalue weighted by molar-refractivity contribution is 0.288. The molecule has 0 aliphatic carbocycles. The van der Waals surface area contributed by atoms with E-state index in [0.717, 1.165) is 22.0 Å². The van der Waals surface area contributed by atoms with E-state index in [-0.39, 0.29) is 0 Å². The third-order valence-corrected chi connectivity index (χ3v) is 4.74. The van der Waals surface area contributed by atoms with Crippen LogP contribution in [0.3, 0.4) is 0 Å². The number of thiazole rings is 1.